The van der Waals surface area contributed by atoms with Crippen molar-refractivity contribution >= 4 is 11.9 Å². The molecule has 0 aromatic carbocycles. The van der Waals surface area contributed by atoms with Gasteiger partial charge in [-0.05, 0) is 25.7 Å². The first-order chi connectivity index (χ1) is 8.20. The summed E-state index contributed by atoms with van der Waals surface area (Å²) in [6.07, 6.45) is 4.81. The number of ether oxygens (including phenoxy) is 1. The molecule has 0 radical (unpaired) electrons. The molecule has 96 valence electrons. The number of carbonyl (C=O) groups is 1. The first-order valence-corrected chi connectivity index (χ1v) is 6.37. The van der Waals surface area contributed by atoms with Gasteiger partial charge in [0.25, 0.3) is 5.91 Å². The van der Waals surface area contributed by atoms with Gasteiger partial charge in [-0.3, -0.25) is 15.1 Å². The lowest BCUT2D eigenvalue weighted by Crippen LogP contribution is -2.51. The van der Waals surface area contributed by atoms with Gasteiger partial charge < -0.3 is 10.1 Å². The summed E-state index contributed by atoms with van der Waals surface area (Å²) in [5.74, 6) is 0.683. The number of nitrogens with one attached hydrogen (secondary N) is 2. The summed E-state index contributed by atoms with van der Waals surface area (Å²) < 4.78 is 5.38. The average molecular weight is 239 g/mol. The zero-order valence-electron chi connectivity index (χ0n) is 10.6. The van der Waals surface area contributed by atoms with Crippen molar-refractivity contribution in [1.82, 2.24) is 10.6 Å². The maximum Gasteiger partial charge on any atom is 0.252 e. The van der Waals surface area contributed by atoms with E-state index < -0.39 is 5.54 Å². The zero-order valence-corrected chi connectivity index (χ0v) is 10.6. The van der Waals surface area contributed by atoms with Crippen LogP contribution in [-0.2, 0) is 9.53 Å². The number of methoxy groups -OCH3 is 1. The van der Waals surface area contributed by atoms with E-state index in [1.807, 2.05) is 0 Å². The van der Waals surface area contributed by atoms with Gasteiger partial charge >= 0.3 is 0 Å². The van der Waals surface area contributed by atoms with E-state index in [0.29, 0.717) is 5.96 Å². The molecule has 1 aliphatic carbocycles. The first kappa shape index (κ1) is 12.4. The molecule has 2 aliphatic rings. The Labute approximate surface area is 102 Å². The second-order valence-corrected chi connectivity index (χ2v) is 4.85. The second-order valence-electron chi connectivity index (χ2n) is 4.85. The summed E-state index contributed by atoms with van der Waals surface area (Å²) >= 11 is 0. The highest BCUT2D eigenvalue weighted by atomic mass is 16.5. The van der Waals surface area contributed by atoms with Gasteiger partial charge in [-0.2, -0.15) is 0 Å². The molecule has 0 aromatic rings. The zero-order chi connectivity index (χ0) is 12.3. The molecule has 5 nitrogen and oxygen atoms in total. The molecule has 2 N–H and O–H groups in total. The molecule has 2 fully saturated rings. The van der Waals surface area contributed by atoms with Crippen LogP contribution in [0.25, 0.3) is 0 Å². The summed E-state index contributed by atoms with van der Waals surface area (Å²) in [6, 6.07) is 0. The number of nitrogens with zero attached hydrogens (tertiary/aromatic N) is 1. The summed E-state index contributed by atoms with van der Waals surface area (Å²) in [5, 5.41) is 6.10. The molecular weight excluding hydrogens is 218 g/mol. The Hall–Kier alpha value is -1.10. The van der Waals surface area contributed by atoms with Crippen LogP contribution < -0.4 is 10.6 Å². The molecule has 1 saturated carbocycles. The maximum absolute atomic E-state index is 12.1. The van der Waals surface area contributed by atoms with Crippen molar-refractivity contribution in [3.8, 4) is 0 Å². The van der Waals surface area contributed by atoms with Gasteiger partial charge in [0.05, 0.1) is 6.10 Å². The van der Waals surface area contributed by atoms with Crippen molar-refractivity contribution in [3.63, 3.8) is 0 Å². The van der Waals surface area contributed by atoms with Gasteiger partial charge in [0.2, 0.25) is 0 Å². The average Bonchev–Trinajstić information content (AvgIpc) is 2.63. The predicted octanol–water partition coefficient (Wildman–Crippen LogP) is 0.800. The molecule has 0 bridgehead atoms. The molecule has 2 atom stereocenters. The quantitative estimate of drug-likeness (QED) is 0.765. The van der Waals surface area contributed by atoms with E-state index in [1.165, 1.54) is 0 Å². The van der Waals surface area contributed by atoms with Crippen molar-refractivity contribution in [1.29, 1.82) is 0 Å². The predicted molar refractivity (Wildman–Crippen MR) is 65.9 cm³/mol. The molecule has 1 spiro atoms. The molecule has 2 unspecified atom stereocenters. The van der Waals surface area contributed by atoms with Crippen LogP contribution in [-0.4, -0.2) is 37.2 Å². The van der Waals surface area contributed by atoms with Crippen LogP contribution >= 0.6 is 0 Å². The summed E-state index contributed by atoms with van der Waals surface area (Å²) in [6.45, 7) is 2.81. The Balaban J connectivity index is 2.07. The van der Waals surface area contributed by atoms with E-state index in [2.05, 4.69) is 22.5 Å². The Morgan fingerprint density at radius 2 is 2.41 bits per heavy atom. The van der Waals surface area contributed by atoms with E-state index in [4.69, 9.17) is 4.74 Å². The van der Waals surface area contributed by atoms with E-state index in [0.717, 1.165) is 38.6 Å². The molecule has 17 heavy (non-hydrogen) atoms. The fraction of sp³-hybridized carbons (Fsp3) is 0.833. The lowest BCUT2D eigenvalue weighted by Gasteiger charge is -2.34. The monoisotopic (exact) mass is 239 g/mol. The SMILES string of the molecule is CCCN=C1NC(=O)C2(CCCC(OC)C2)N1. The van der Waals surface area contributed by atoms with Crippen LogP contribution in [0.15, 0.2) is 4.99 Å². The third-order valence-electron chi connectivity index (χ3n) is 3.56. The highest BCUT2D eigenvalue weighted by Crippen LogP contribution is 2.32. The summed E-state index contributed by atoms with van der Waals surface area (Å²) in [7, 11) is 1.71. The van der Waals surface area contributed by atoms with Gasteiger partial charge in [-0.25, -0.2) is 0 Å². The highest BCUT2D eigenvalue weighted by Gasteiger charge is 2.48. The van der Waals surface area contributed by atoms with E-state index in [9.17, 15) is 4.79 Å². The lowest BCUT2D eigenvalue weighted by atomic mass is 9.80. The minimum absolute atomic E-state index is 0.0501. The fourth-order valence-electron chi connectivity index (χ4n) is 2.59. The number of rotatable bonds is 3. The summed E-state index contributed by atoms with van der Waals surface area (Å²) in [4.78, 5) is 16.4. The smallest absolute Gasteiger partial charge is 0.252 e. The molecule has 1 heterocycles. The number of guanidine groups is 1. The topological polar surface area (TPSA) is 62.7 Å². The van der Waals surface area contributed by atoms with E-state index in [-0.39, 0.29) is 12.0 Å². The van der Waals surface area contributed by atoms with Crippen LogP contribution in [0, 0.1) is 0 Å². The van der Waals surface area contributed by atoms with Crippen LogP contribution in [0.3, 0.4) is 0 Å². The molecule has 5 heteroatoms. The van der Waals surface area contributed by atoms with Crippen molar-refractivity contribution in [2.75, 3.05) is 13.7 Å². The van der Waals surface area contributed by atoms with Gasteiger partial charge in [-0.1, -0.05) is 6.92 Å². The minimum Gasteiger partial charge on any atom is -0.381 e. The van der Waals surface area contributed by atoms with Gasteiger partial charge in [0, 0.05) is 20.1 Å². The van der Waals surface area contributed by atoms with E-state index >= 15 is 0 Å². The van der Waals surface area contributed by atoms with Crippen LogP contribution in [0.2, 0.25) is 0 Å². The van der Waals surface area contributed by atoms with Crippen molar-refractivity contribution in [3.05, 3.63) is 0 Å². The van der Waals surface area contributed by atoms with Gasteiger partial charge in [0.15, 0.2) is 5.96 Å². The largest absolute Gasteiger partial charge is 0.381 e. The number of hydrogen-bond donors (Lipinski definition) is 2. The van der Waals surface area contributed by atoms with Crippen LogP contribution in [0.1, 0.15) is 39.0 Å². The number of amides is 1. The van der Waals surface area contributed by atoms with Gasteiger partial charge in [-0.15, -0.1) is 0 Å². The highest BCUT2D eigenvalue weighted by molar-refractivity contribution is 6.09. The molecule has 1 aliphatic heterocycles. The summed E-state index contributed by atoms with van der Waals surface area (Å²) in [5.41, 5.74) is -0.481. The standard InChI is InChI=1S/C12H21N3O2/c1-3-7-13-11-14-10(16)12(15-11)6-4-5-9(8-12)17-2/h9H,3-8H2,1-2H3,(H2,13,14,15,16). The Kier molecular flexibility index (Phi) is 3.66. The Morgan fingerprint density at radius 3 is 3.12 bits per heavy atom. The Bertz CT molecular complexity index is 330. The van der Waals surface area contributed by atoms with Crippen molar-refractivity contribution in [2.24, 2.45) is 4.99 Å². The van der Waals surface area contributed by atoms with Crippen molar-refractivity contribution < 1.29 is 9.53 Å². The molecule has 0 aromatic heterocycles. The van der Waals surface area contributed by atoms with Crippen molar-refractivity contribution in [2.45, 2.75) is 50.7 Å². The third kappa shape index (κ3) is 2.44. The maximum atomic E-state index is 12.1. The molecular formula is C12H21N3O2. The fourth-order valence-corrected chi connectivity index (χ4v) is 2.59. The van der Waals surface area contributed by atoms with Gasteiger partial charge in [0.1, 0.15) is 5.54 Å². The lowest BCUT2D eigenvalue weighted by molar-refractivity contribution is -0.126. The van der Waals surface area contributed by atoms with E-state index in [1.54, 1.807) is 7.11 Å². The normalized spacial score (nSPS) is 35.1. The number of aliphatic imine (C=N–C) groups is 1. The minimum atomic E-state index is -0.481. The number of carbonyl (C=O) groups excluding carboxylic acids is 1. The molecule has 2 rings (SSSR count). The number of hydrogen-bond acceptors (Lipinski definition) is 3. The molecule has 1 amide bonds. The van der Waals surface area contributed by atoms with Crippen LogP contribution in [0.5, 0.6) is 0 Å². The Morgan fingerprint density at radius 1 is 1.59 bits per heavy atom. The second kappa shape index (κ2) is 5.04. The van der Waals surface area contributed by atoms with Crippen LogP contribution in [0.4, 0.5) is 0 Å². The first-order valence-electron chi connectivity index (χ1n) is 6.37. The third-order valence-corrected chi connectivity index (χ3v) is 3.56. The molecule has 1 saturated heterocycles.